The molecule has 0 amide bonds. The van der Waals surface area contributed by atoms with Crippen molar-refractivity contribution >= 4 is 22.9 Å². The van der Waals surface area contributed by atoms with E-state index in [9.17, 15) is 18.9 Å². The molecule has 1 aliphatic rings. The number of benzene rings is 1. The summed E-state index contributed by atoms with van der Waals surface area (Å²) in [5.41, 5.74) is 1.40. The van der Waals surface area contributed by atoms with E-state index >= 15 is 0 Å². The smallest absolute Gasteiger partial charge is 0.269 e. The molecule has 140 valence electrons. The lowest BCUT2D eigenvalue weighted by molar-refractivity contribution is -0.384. The van der Waals surface area contributed by atoms with Crippen LogP contribution in [-0.4, -0.2) is 29.3 Å². The third kappa shape index (κ3) is 4.09. The average Bonchev–Trinajstić information content (AvgIpc) is 3.02. The van der Waals surface area contributed by atoms with Crippen molar-refractivity contribution in [3.8, 4) is 11.3 Å². The van der Waals surface area contributed by atoms with Gasteiger partial charge in [0.1, 0.15) is 0 Å². The topological polar surface area (TPSA) is 114 Å². The zero-order valence-corrected chi connectivity index (χ0v) is 15.2. The Morgan fingerprint density at radius 2 is 1.96 bits per heavy atom. The molecule has 0 aliphatic heterocycles. The lowest BCUT2D eigenvalue weighted by Crippen LogP contribution is -2.48. The second-order valence-electron chi connectivity index (χ2n) is 6.34. The molecule has 10 heteroatoms. The molecular weight excluding hydrogens is 358 g/mol. The van der Waals surface area contributed by atoms with Crippen LogP contribution in [0.1, 0.15) is 32.1 Å². The molecule has 1 saturated carbocycles. The number of hydrogen-bond acceptors (Lipinski definition) is 5. The molecule has 9 nitrogen and oxygen atoms in total. The number of nitro benzene ring substituents is 1. The summed E-state index contributed by atoms with van der Waals surface area (Å²) in [6.45, 7) is 0. The van der Waals surface area contributed by atoms with Crippen LogP contribution >= 0.6 is 0 Å². The van der Waals surface area contributed by atoms with Gasteiger partial charge in [0.25, 0.3) is 17.0 Å². The first-order valence-electron chi connectivity index (χ1n) is 8.40. The fourth-order valence-corrected chi connectivity index (χ4v) is 3.67. The average molecular weight is 379 g/mol. The van der Waals surface area contributed by atoms with Crippen molar-refractivity contribution in [1.82, 2.24) is 14.4 Å². The molecule has 1 heterocycles. The van der Waals surface area contributed by atoms with Crippen LogP contribution in [0, 0.1) is 10.1 Å². The Labute approximate surface area is 153 Å². The molecule has 0 radical (unpaired) electrons. The maximum Gasteiger partial charge on any atom is 0.269 e. The molecule has 1 fully saturated rings. The summed E-state index contributed by atoms with van der Waals surface area (Å²) in [7, 11) is 1.81. The Bertz CT molecular complexity index is 801. The van der Waals surface area contributed by atoms with Crippen LogP contribution in [0.5, 0.6) is 0 Å². The summed E-state index contributed by atoms with van der Waals surface area (Å²) in [6.07, 6.45) is 6.95. The minimum Gasteiger partial charge on any atom is -0.319 e. The third-order valence-corrected chi connectivity index (χ3v) is 4.91. The van der Waals surface area contributed by atoms with E-state index < -0.39 is 16.2 Å². The molecule has 2 aromatic rings. The van der Waals surface area contributed by atoms with E-state index in [1.54, 1.807) is 27.9 Å². The number of rotatable bonds is 6. The fraction of sp³-hybridized carbons (Fsp3) is 0.438. The summed E-state index contributed by atoms with van der Waals surface area (Å²) in [5, 5.41) is 12.5. The van der Waals surface area contributed by atoms with Gasteiger partial charge in [-0.05, 0) is 25.0 Å². The molecule has 3 rings (SSSR count). The first-order valence-corrected chi connectivity index (χ1v) is 9.51. The quantitative estimate of drug-likeness (QED) is 0.453. The Morgan fingerprint density at radius 1 is 1.31 bits per heavy atom. The molecule has 0 bridgehead atoms. The zero-order chi connectivity index (χ0) is 18.7. The van der Waals surface area contributed by atoms with E-state index in [0.717, 1.165) is 31.2 Å². The van der Waals surface area contributed by atoms with Gasteiger partial charge in [-0.15, -0.1) is 4.83 Å². The van der Waals surface area contributed by atoms with E-state index in [-0.39, 0.29) is 11.7 Å². The molecule has 26 heavy (non-hydrogen) atoms. The number of nitrogens with one attached hydrogen (secondary N) is 1. The van der Waals surface area contributed by atoms with Gasteiger partial charge in [-0.2, -0.15) is 0 Å². The molecule has 0 saturated heterocycles. The fourth-order valence-electron chi connectivity index (χ4n) is 3.28. The van der Waals surface area contributed by atoms with Crippen LogP contribution in [0.4, 0.5) is 11.6 Å². The number of aryl methyl sites for hydroxylation is 1. The SMILES string of the molecule is Cn1cc(-c2ccc([N+](=O)[O-])cc2)nc1N(NS(=O)O)C1CCCCC1. The van der Waals surface area contributed by atoms with E-state index in [0.29, 0.717) is 11.6 Å². The van der Waals surface area contributed by atoms with Gasteiger partial charge in [0.15, 0.2) is 0 Å². The lowest BCUT2D eigenvalue weighted by Gasteiger charge is -2.33. The molecular formula is C16H21N5O4S. The highest BCUT2D eigenvalue weighted by molar-refractivity contribution is 7.77. The monoisotopic (exact) mass is 379 g/mol. The first-order chi connectivity index (χ1) is 12.5. The molecule has 1 aromatic carbocycles. The number of anilines is 1. The largest absolute Gasteiger partial charge is 0.319 e. The number of non-ortho nitro benzene ring substituents is 1. The van der Waals surface area contributed by atoms with E-state index in [2.05, 4.69) is 9.82 Å². The number of hydrogen-bond donors (Lipinski definition) is 2. The van der Waals surface area contributed by atoms with Gasteiger partial charge in [-0.3, -0.25) is 19.7 Å². The van der Waals surface area contributed by atoms with Crippen LogP contribution < -0.4 is 9.84 Å². The van der Waals surface area contributed by atoms with Gasteiger partial charge >= 0.3 is 0 Å². The van der Waals surface area contributed by atoms with Crippen molar-refractivity contribution in [3.63, 3.8) is 0 Å². The number of hydrazine groups is 1. The normalized spacial score (nSPS) is 16.4. The minimum atomic E-state index is -2.20. The Hall–Kier alpha value is -2.30. The predicted molar refractivity (Wildman–Crippen MR) is 98.6 cm³/mol. The number of imidazole rings is 1. The molecule has 1 aromatic heterocycles. The van der Waals surface area contributed by atoms with Crippen molar-refractivity contribution in [1.29, 1.82) is 0 Å². The number of nitrogens with zero attached hydrogens (tertiary/aromatic N) is 4. The van der Waals surface area contributed by atoms with Crippen molar-refractivity contribution in [3.05, 3.63) is 40.6 Å². The van der Waals surface area contributed by atoms with Crippen molar-refractivity contribution in [2.75, 3.05) is 5.01 Å². The third-order valence-electron chi connectivity index (χ3n) is 4.56. The van der Waals surface area contributed by atoms with Crippen LogP contribution in [-0.2, 0) is 18.3 Å². The van der Waals surface area contributed by atoms with E-state index in [1.807, 2.05) is 7.05 Å². The Balaban J connectivity index is 1.91. The maximum atomic E-state index is 11.4. The summed E-state index contributed by atoms with van der Waals surface area (Å²) in [4.78, 5) is 17.5. The lowest BCUT2D eigenvalue weighted by atomic mass is 9.95. The summed E-state index contributed by atoms with van der Waals surface area (Å²) in [6, 6.07) is 6.25. The summed E-state index contributed by atoms with van der Waals surface area (Å²) >= 11 is -2.20. The molecule has 2 N–H and O–H groups in total. The van der Waals surface area contributed by atoms with Crippen molar-refractivity contribution < 1.29 is 13.7 Å². The van der Waals surface area contributed by atoms with Gasteiger partial charge in [-0.1, -0.05) is 19.3 Å². The molecule has 1 atom stereocenters. The molecule has 1 unspecified atom stereocenters. The number of nitro groups is 1. The highest BCUT2D eigenvalue weighted by atomic mass is 32.2. The van der Waals surface area contributed by atoms with Gasteiger partial charge in [0.2, 0.25) is 5.95 Å². The Kier molecular flexibility index (Phi) is 5.64. The van der Waals surface area contributed by atoms with Crippen molar-refractivity contribution in [2.24, 2.45) is 7.05 Å². The van der Waals surface area contributed by atoms with E-state index in [1.165, 1.54) is 18.6 Å². The maximum absolute atomic E-state index is 11.4. The van der Waals surface area contributed by atoms with Crippen molar-refractivity contribution in [2.45, 2.75) is 38.1 Å². The predicted octanol–water partition coefficient (Wildman–Crippen LogP) is 2.78. The zero-order valence-electron chi connectivity index (χ0n) is 14.4. The highest BCUT2D eigenvalue weighted by Crippen LogP contribution is 2.28. The first kappa shape index (κ1) is 18.5. The number of aromatic nitrogens is 2. The second-order valence-corrected chi connectivity index (χ2v) is 7.02. The van der Waals surface area contributed by atoms with E-state index in [4.69, 9.17) is 0 Å². The highest BCUT2D eigenvalue weighted by Gasteiger charge is 2.26. The standard InChI is InChI=1S/C16H21N5O4S/c1-19-11-15(12-7-9-14(10-8-12)21(22)23)17-16(19)20(18-26(24)25)13-5-3-2-4-6-13/h7-11,13,18H,2-6H2,1H3,(H,24,25). The summed E-state index contributed by atoms with van der Waals surface area (Å²) in [5.74, 6) is 0.535. The molecule has 1 aliphatic carbocycles. The van der Waals surface area contributed by atoms with Gasteiger partial charge < -0.3 is 4.57 Å². The Morgan fingerprint density at radius 3 is 2.54 bits per heavy atom. The van der Waals surface area contributed by atoms with Crippen LogP contribution in [0.2, 0.25) is 0 Å². The summed E-state index contributed by atoms with van der Waals surface area (Å²) < 4.78 is 22.5. The minimum absolute atomic E-state index is 0.0195. The van der Waals surface area contributed by atoms with Crippen LogP contribution in [0.15, 0.2) is 30.5 Å². The second kappa shape index (κ2) is 7.94. The van der Waals surface area contributed by atoms with Gasteiger partial charge in [0.05, 0.1) is 10.6 Å². The van der Waals surface area contributed by atoms with Crippen LogP contribution in [0.25, 0.3) is 11.3 Å². The molecule has 0 spiro atoms. The van der Waals surface area contributed by atoms with Gasteiger partial charge in [-0.25, -0.2) is 9.19 Å². The van der Waals surface area contributed by atoms with Gasteiger partial charge in [0, 0.05) is 37.0 Å². The van der Waals surface area contributed by atoms with Crippen LogP contribution in [0.3, 0.4) is 0 Å².